The number of hydrogen-bond donors (Lipinski definition) is 1. The van der Waals surface area contributed by atoms with Gasteiger partial charge in [0.2, 0.25) is 0 Å². The number of aromatic nitrogens is 2. The van der Waals surface area contributed by atoms with E-state index in [9.17, 15) is 9.59 Å². The van der Waals surface area contributed by atoms with Crippen LogP contribution in [0.5, 0.6) is 0 Å². The maximum atomic E-state index is 12.2. The van der Waals surface area contributed by atoms with Crippen molar-refractivity contribution >= 4 is 21.8 Å². The zero-order valence-electron chi connectivity index (χ0n) is 13.4. The van der Waals surface area contributed by atoms with Crippen molar-refractivity contribution in [3.8, 4) is 0 Å². The van der Waals surface area contributed by atoms with E-state index in [1.165, 1.54) is 12.8 Å². The lowest BCUT2D eigenvalue weighted by molar-refractivity contribution is 0.0951. The Morgan fingerprint density at radius 3 is 2.75 bits per heavy atom. The maximum absolute atomic E-state index is 12.2. The van der Waals surface area contributed by atoms with Crippen LogP contribution in [0.1, 0.15) is 47.7 Å². The Bertz CT molecular complexity index is 782. The van der Waals surface area contributed by atoms with Crippen LogP contribution >= 0.6 is 15.9 Å². The third-order valence-electron chi connectivity index (χ3n) is 4.43. The topological polar surface area (TPSA) is 64.0 Å². The summed E-state index contributed by atoms with van der Waals surface area (Å²) in [4.78, 5) is 28.8. The van der Waals surface area contributed by atoms with Gasteiger partial charge in [-0.3, -0.25) is 14.2 Å². The van der Waals surface area contributed by atoms with Crippen LogP contribution in [0.4, 0.5) is 0 Å². The molecule has 0 bridgehead atoms. The number of benzene rings is 1. The number of carbonyl (C=O) groups excluding carboxylic acids is 1. The third kappa shape index (κ3) is 3.93. The molecular weight excluding hydrogens is 370 g/mol. The van der Waals surface area contributed by atoms with Gasteiger partial charge in [-0.25, -0.2) is 4.98 Å². The highest BCUT2D eigenvalue weighted by Crippen LogP contribution is 2.32. The summed E-state index contributed by atoms with van der Waals surface area (Å²) in [6.07, 6.45) is 6.28. The van der Waals surface area contributed by atoms with Crippen molar-refractivity contribution < 1.29 is 4.79 Å². The van der Waals surface area contributed by atoms with E-state index in [-0.39, 0.29) is 11.5 Å². The molecule has 2 aromatic rings. The molecule has 1 heterocycles. The minimum absolute atomic E-state index is 0.0537. The summed E-state index contributed by atoms with van der Waals surface area (Å²) in [7, 11) is 0. The first kappa shape index (κ1) is 16.9. The fourth-order valence-electron chi connectivity index (χ4n) is 3.08. The lowest BCUT2D eigenvalue weighted by atomic mass is 10.0. The van der Waals surface area contributed by atoms with Gasteiger partial charge >= 0.3 is 0 Å². The molecule has 1 N–H and O–H groups in total. The van der Waals surface area contributed by atoms with Gasteiger partial charge in [-0.1, -0.05) is 25.0 Å². The first-order chi connectivity index (χ1) is 11.6. The summed E-state index contributed by atoms with van der Waals surface area (Å²) < 4.78 is 2.29. The highest BCUT2D eigenvalue weighted by Gasteiger charge is 2.18. The van der Waals surface area contributed by atoms with Gasteiger partial charge in [-0.15, -0.1) is 0 Å². The zero-order valence-corrected chi connectivity index (χ0v) is 15.0. The molecule has 1 aromatic carbocycles. The molecule has 0 saturated heterocycles. The highest BCUT2D eigenvalue weighted by molar-refractivity contribution is 9.10. The smallest absolute Gasteiger partial charge is 0.253 e. The van der Waals surface area contributed by atoms with E-state index in [0.29, 0.717) is 24.6 Å². The van der Waals surface area contributed by atoms with Crippen molar-refractivity contribution in [2.24, 2.45) is 0 Å². The van der Waals surface area contributed by atoms with Gasteiger partial charge in [-0.2, -0.15) is 0 Å². The second kappa shape index (κ2) is 7.75. The SMILES string of the molecule is O=C(NCCn1cnc(C2CCCC2)cc1=O)c1ccccc1Br. The molecule has 5 nitrogen and oxygen atoms in total. The average molecular weight is 390 g/mol. The molecule has 1 amide bonds. The van der Waals surface area contributed by atoms with E-state index in [4.69, 9.17) is 0 Å². The van der Waals surface area contributed by atoms with Crippen LogP contribution in [-0.4, -0.2) is 22.0 Å². The molecule has 0 aliphatic heterocycles. The summed E-state index contributed by atoms with van der Waals surface area (Å²) >= 11 is 3.36. The molecule has 1 aliphatic rings. The van der Waals surface area contributed by atoms with Crippen LogP contribution in [0.3, 0.4) is 0 Å². The van der Waals surface area contributed by atoms with Crippen molar-refractivity contribution in [2.45, 2.75) is 38.1 Å². The van der Waals surface area contributed by atoms with Crippen molar-refractivity contribution in [1.29, 1.82) is 0 Å². The van der Waals surface area contributed by atoms with E-state index in [1.807, 2.05) is 18.2 Å². The molecule has 126 valence electrons. The Morgan fingerprint density at radius 2 is 2.04 bits per heavy atom. The predicted molar refractivity (Wildman–Crippen MR) is 96.2 cm³/mol. The first-order valence-corrected chi connectivity index (χ1v) is 9.03. The van der Waals surface area contributed by atoms with Crippen LogP contribution in [0, 0.1) is 0 Å². The summed E-state index contributed by atoms with van der Waals surface area (Å²) in [6.45, 7) is 0.789. The zero-order chi connectivity index (χ0) is 16.9. The molecule has 6 heteroatoms. The van der Waals surface area contributed by atoms with Gasteiger partial charge in [-0.05, 0) is 40.9 Å². The van der Waals surface area contributed by atoms with Gasteiger partial charge in [0, 0.05) is 29.5 Å². The highest BCUT2D eigenvalue weighted by atomic mass is 79.9. The lowest BCUT2D eigenvalue weighted by Gasteiger charge is -2.11. The Morgan fingerprint density at radius 1 is 1.29 bits per heavy atom. The molecule has 0 spiro atoms. The molecule has 1 saturated carbocycles. The van der Waals surface area contributed by atoms with E-state index in [2.05, 4.69) is 26.2 Å². The van der Waals surface area contributed by atoms with E-state index < -0.39 is 0 Å². The standard InChI is InChI=1S/C18H20BrN3O2/c19-15-8-4-3-7-14(15)18(24)20-9-10-22-12-21-16(11-17(22)23)13-5-1-2-6-13/h3-4,7-8,11-13H,1-2,5-6,9-10H2,(H,20,24). The van der Waals surface area contributed by atoms with Gasteiger partial charge in [0.15, 0.2) is 0 Å². The second-order valence-corrected chi connectivity index (χ2v) is 6.92. The van der Waals surface area contributed by atoms with Crippen molar-refractivity contribution in [2.75, 3.05) is 6.54 Å². The first-order valence-electron chi connectivity index (χ1n) is 8.24. The quantitative estimate of drug-likeness (QED) is 0.854. The number of rotatable bonds is 5. The maximum Gasteiger partial charge on any atom is 0.253 e. The molecular formula is C18H20BrN3O2. The van der Waals surface area contributed by atoms with Crippen LogP contribution in [0.25, 0.3) is 0 Å². The van der Waals surface area contributed by atoms with E-state index in [0.717, 1.165) is 23.0 Å². The molecule has 0 atom stereocenters. The third-order valence-corrected chi connectivity index (χ3v) is 5.12. The Labute approximate surface area is 149 Å². The lowest BCUT2D eigenvalue weighted by Crippen LogP contribution is -2.31. The molecule has 1 aromatic heterocycles. The largest absolute Gasteiger partial charge is 0.350 e. The van der Waals surface area contributed by atoms with Crippen LogP contribution in [0.2, 0.25) is 0 Å². The van der Waals surface area contributed by atoms with Gasteiger partial charge in [0.25, 0.3) is 11.5 Å². The van der Waals surface area contributed by atoms with Gasteiger partial charge < -0.3 is 5.32 Å². The minimum Gasteiger partial charge on any atom is -0.350 e. The van der Waals surface area contributed by atoms with E-state index >= 15 is 0 Å². The Balaban J connectivity index is 1.58. The van der Waals surface area contributed by atoms with Crippen molar-refractivity contribution in [3.63, 3.8) is 0 Å². The monoisotopic (exact) mass is 389 g/mol. The fourth-order valence-corrected chi connectivity index (χ4v) is 3.55. The average Bonchev–Trinajstić information content (AvgIpc) is 3.11. The number of nitrogens with one attached hydrogen (secondary N) is 1. The Hall–Kier alpha value is -1.95. The molecule has 1 fully saturated rings. The van der Waals surface area contributed by atoms with Crippen LogP contribution in [0.15, 0.2) is 45.9 Å². The number of carbonyl (C=O) groups is 1. The number of hydrogen-bond acceptors (Lipinski definition) is 3. The summed E-state index contributed by atoms with van der Waals surface area (Å²) in [5, 5.41) is 2.83. The second-order valence-electron chi connectivity index (χ2n) is 6.06. The van der Waals surface area contributed by atoms with Gasteiger partial charge in [0.1, 0.15) is 0 Å². The molecule has 24 heavy (non-hydrogen) atoms. The van der Waals surface area contributed by atoms with Crippen molar-refractivity contribution in [3.05, 3.63) is 62.7 Å². The van der Waals surface area contributed by atoms with Crippen LogP contribution in [-0.2, 0) is 6.54 Å². The van der Waals surface area contributed by atoms with Crippen LogP contribution < -0.4 is 10.9 Å². The molecule has 0 unspecified atom stereocenters. The fraction of sp³-hybridized carbons (Fsp3) is 0.389. The number of amides is 1. The van der Waals surface area contributed by atoms with Crippen molar-refractivity contribution in [1.82, 2.24) is 14.9 Å². The Kier molecular flexibility index (Phi) is 5.45. The predicted octanol–water partition coefficient (Wildman–Crippen LogP) is 3.09. The molecule has 3 rings (SSSR count). The summed E-state index contributed by atoms with van der Waals surface area (Å²) in [5.74, 6) is 0.272. The number of halogens is 1. The molecule has 0 radical (unpaired) electrons. The number of nitrogens with zero attached hydrogens (tertiary/aromatic N) is 2. The summed E-state index contributed by atoms with van der Waals surface area (Å²) in [6, 6.07) is 8.90. The van der Waals surface area contributed by atoms with E-state index in [1.54, 1.807) is 23.0 Å². The normalized spacial score (nSPS) is 14.7. The summed E-state index contributed by atoms with van der Waals surface area (Å²) in [5.41, 5.74) is 1.44. The van der Waals surface area contributed by atoms with Gasteiger partial charge in [0.05, 0.1) is 17.6 Å². The molecule has 1 aliphatic carbocycles. The minimum atomic E-state index is -0.161.